The fourth-order valence-corrected chi connectivity index (χ4v) is 3.43. The van der Waals surface area contributed by atoms with Crippen LogP contribution in [0.15, 0.2) is 17.0 Å². The van der Waals surface area contributed by atoms with Crippen LogP contribution in [0.3, 0.4) is 0 Å². The molecule has 1 aromatic rings. The third kappa shape index (κ3) is 4.11. The molecule has 0 saturated heterocycles. The first-order valence-corrected chi connectivity index (χ1v) is 8.73. The maximum absolute atomic E-state index is 12.3. The molecule has 0 spiro atoms. The van der Waals surface area contributed by atoms with Crippen molar-refractivity contribution < 1.29 is 13.2 Å². The first-order valence-electron chi connectivity index (χ1n) is 6.04. The van der Waals surface area contributed by atoms with Gasteiger partial charge in [-0.1, -0.05) is 25.4 Å². The van der Waals surface area contributed by atoms with E-state index in [0.717, 1.165) is 0 Å². The summed E-state index contributed by atoms with van der Waals surface area (Å²) in [7, 11) is 3.02. The molecule has 20 heavy (non-hydrogen) atoms. The minimum absolute atomic E-state index is 0.0445. The van der Waals surface area contributed by atoms with Crippen molar-refractivity contribution in [1.82, 2.24) is 4.90 Å². The third-order valence-electron chi connectivity index (χ3n) is 2.72. The smallest absolute Gasteiger partial charge is 0.262 e. The molecule has 0 heterocycles. The van der Waals surface area contributed by atoms with Gasteiger partial charge in [0.15, 0.2) is 0 Å². The van der Waals surface area contributed by atoms with Gasteiger partial charge in [-0.05, 0) is 30.5 Å². The predicted octanol–water partition coefficient (Wildman–Crippen LogP) is 3.30. The lowest BCUT2D eigenvalue weighted by molar-refractivity contribution is 0.0779. The Kier molecular flexibility index (Phi) is 5.46. The summed E-state index contributed by atoms with van der Waals surface area (Å²) < 4.78 is 23.0. The molecule has 0 fully saturated rings. The molecule has 0 aromatic heterocycles. The Hall–Kier alpha value is -0.780. The Morgan fingerprint density at radius 2 is 1.90 bits per heavy atom. The highest BCUT2D eigenvalue weighted by Gasteiger charge is 2.21. The van der Waals surface area contributed by atoms with E-state index in [1.54, 1.807) is 20.0 Å². The van der Waals surface area contributed by atoms with Gasteiger partial charge in [-0.25, -0.2) is 8.42 Å². The Bertz CT molecular complexity index is 627. The van der Waals surface area contributed by atoms with Gasteiger partial charge in [0, 0.05) is 29.8 Å². The number of benzene rings is 1. The van der Waals surface area contributed by atoms with Crippen molar-refractivity contribution >= 4 is 37.2 Å². The van der Waals surface area contributed by atoms with E-state index in [1.807, 2.05) is 13.8 Å². The van der Waals surface area contributed by atoms with Gasteiger partial charge in [-0.2, -0.15) is 0 Å². The lowest BCUT2D eigenvalue weighted by Gasteiger charge is -2.20. The second kappa shape index (κ2) is 6.33. The third-order valence-corrected chi connectivity index (χ3v) is 4.68. The van der Waals surface area contributed by atoms with Crippen molar-refractivity contribution in [3.63, 3.8) is 0 Å². The van der Waals surface area contributed by atoms with Crippen LogP contribution in [0, 0.1) is 12.8 Å². The molecular formula is C13H17Cl2NO3S. The molecule has 0 aliphatic heterocycles. The van der Waals surface area contributed by atoms with Gasteiger partial charge in [0.2, 0.25) is 0 Å². The highest BCUT2D eigenvalue weighted by atomic mass is 35.7. The fraction of sp³-hybridized carbons (Fsp3) is 0.462. The van der Waals surface area contributed by atoms with Crippen molar-refractivity contribution in [2.45, 2.75) is 25.7 Å². The van der Waals surface area contributed by atoms with E-state index < -0.39 is 9.05 Å². The van der Waals surface area contributed by atoms with E-state index in [4.69, 9.17) is 22.3 Å². The number of aryl methyl sites for hydroxylation is 1. The molecule has 1 amide bonds. The summed E-state index contributed by atoms with van der Waals surface area (Å²) in [5.41, 5.74) is 0.754. The van der Waals surface area contributed by atoms with Crippen LogP contribution < -0.4 is 0 Å². The Morgan fingerprint density at radius 1 is 1.35 bits per heavy atom. The average Bonchev–Trinajstić information content (AvgIpc) is 2.29. The van der Waals surface area contributed by atoms with Crippen LogP contribution in [0.5, 0.6) is 0 Å². The van der Waals surface area contributed by atoms with Crippen LogP contribution in [0.25, 0.3) is 0 Å². The van der Waals surface area contributed by atoms with E-state index in [1.165, 1.54) is 11.0 Å². The van der Waals surface area contributed by atoms with Crippen molar-refractivity contribution in [3.05, 3.63) is 28.3 Å². The van der Waals surface area contributed by atoms with Crippen LogP contribution in [-0.4, -0.2) is 32.8 Å². The molecular weight excluding hydrogens is 321 g/mol. The van der Waals surface area contributed by atoms with Crippen LogP contribution in [0.4, 0.5) is 0 Å². The largest absolute Gasteiger partial charge is 0.341 e. The van der Waals surface area contributed by atoms with Gasteiger partial charge >= 0.3 is 0 Å². The number of rotatable bonds is 4. The van der Waals surface area contributed by atoms with Crippen molar-refractivity contribution in [1.29, 1.82) is 0 Å². The summed E-state index contributed by atoms with van der Waals surface area (Å²) in [5, 5.41) is 0.0445. The molecule has 7 heteroatoms. The monoisotopic (exact) mass is 337 g/mol. The number of hydrogen-bond acceptors (Lipinski definition) is 3. The van der Waals surface area contributed by atoms with Crippen molar-refractivity contribution in [2.75, 3.05) is 13.6 Å². The zero-order chi connectivity index (χ0) is 15.7. The number of carbonyl (C=O) groups excluding carboxylic acids is 1. The summed E-state index contributed by atoms with van der Waals surface area (Å²) >= 11 is 5.93. The Morgan fingerprint density at radius 3 is 2.35 bits per heavy atom. The second-order valence-electron chi connectivity index (χ2n) is 5.12. The average molecular weight is 338 g/mol. The summed E-state index contributed by atoms with van der Waals surface area (Å²) in [6.07, 6.45) is 0. The minimum atomic E-state index is -3.99. The molecule has 1 rings (SSSR count). The molecule has 0 atom stereocenters. The quantitative estimate of drug-likeness (QED) is 0.792. The molecule has 0 bridgehead atoms. The highest BCUT2D eigenvalue weighted by Crippen LogP contribution is 2.29. The molecule has 0 N–H and O–H groups in total. The summed E-state index contributed by atoms with van der Waals surface area (Å²) in [6.45, 7) is 6.19. The first kappa shape index (κ1) is 17.3. The van der Waals surface area contributed by atoms with Gasteiger partial charge in [-0.3, -0.25) is 4.79 Å². The van der Waals surface area contributed by atoms with Crippen molar-refractivity contribution in [2.24, 2.45) is 5.92 Å². The SMILES string of the molecule is Cc1cc(C(=O)N(C)CC(C)C)cc(S(=O)(=O)Cl)c1Cl. The molecule has 0 aliphatic carbocycles. The van der Waals surface area contributed by atoms with Gasteiger partial charge in [0.05, 0.1) is 5.02 Å². The number of hydrogen-bond donors (Lipinski definition) is 0. The van der Waals surface area contributed by atoms with Crippen LogP contribution in [-0.2, 0) is 9.05 Å². The molecule has 112 valence electrons. The summed E-state index contributed by atoms with van der Waals surface area (Å²) in [4.78, 5) is 13.6. The zero-order valence-electron chi connectivity index (χ0n) is 11.8. The van der Waals surface area contributed by atoms with E-state index in [-0.39, 0.29) is 21.4 Å². The van der Waals surface area contributed by atoms with Gasteiger partial charge in [0.1, 0.15) is 4.90 Å². The zero-order valence-corrected chi connectivity index (χ0v) is 14.1. The van der Waals surface area contributed by atoms with Crippen molar-refractivity contribution in [3.8, 4) is 0 Å². The highest BCUT2D eigenvalue weighted by molar-refractivity contribution is 8.13. The molecule has 0 aliphatic rings. The lowest BCUT2D eigenvalue weighted by atomic mass is 10.1. The van der Waals surface area contributed by atoms with Gasteiger partial charge in [0.25, 0.3) is 15.0 Å². The van der Waals surface area contributed by atoms with Crippen LogP contribution in [0.1, 0.15) is 29.8 Å². The van der Waals surface area contributed by atoms with Gasteiger partial charge < -0.3 is 4.90 Å². The summed E-state index contributed by atoms with van der Waals surface area (Å²) in [6, 6.07) is 2.78. The Labute approximate surface area is 129 Å². The van der Waals surface area contributed by atoms with Crippen LogP contribution in [0.2, 0.25) is 5.02 Å². The summed E-state index contributed by atoms with van der Waals surface area (Å²) in [5.74, 6) is 0.0496. The van der Waals surface area contributed by atoms with Crippen LogP contribution >= 0.6 is 22.3 Å². The number of nitrogens with zero attached hydrogens (tertiary/aromatic N) is 1. The van der Waals surface area contributed by atoms with Gasteiger partial charge in [-0.15, -0.1) is 0 Å². The predicted molar refractivity (Wildman–Crippen MR) is 81.0 cm³/mol. The number of amides is 1. The number of halogens is 2. The molecule has 0 unspecified atom stereocenters. The van der Waals surface area contributed by atoms with E-state index in [9.17, 15) is 13.2 Å². The van der Waals surface area contributed by atoms with E-state index in [0.29, 0.717) is 18.0 Å². The normalized spacial score (nSPS) is 11.8. The lowest BCUT2D eigenvalue weighted by Crippen LogP contribution is -2.30. The maximum Gasteiger partial charge on any atom is 0.262 e. The fourth-order valence-electron chi connectivity index (χ4n) is 1.89. The number of carbonyl (C=O) groups is 1. The topological polar surface area (TPSA) is 54.5 Å². The van der Waals surface area contributed by atoms with E-state index in [2.05, 4.69) is 0 Å². The minimum Gasteiger partial charge on any atom is -0.341 e. The molecule has 0 radical (unpaired) electrons. The first-order chi connectivity index (χ1) is 9.04. The van der Waals surface area contributed by atoms with E-state index >= 15 is 0 Å². The second-order valence-corrected chi connectivity index (χ2v) is 8.03. The molecule has 1 aromatic carbocycles. The molecule has 4 nitrogen and oxygen atoms in total. The maximum atomic E-state index is 12.3. The standard InChI is InChI=1S/C13H17Cl2NO3S/c1-8(2)7-16(4)13(17)10-5-9(3)12(14)11(6-10)20(15,18)19/h5-6,8H,7H2,1-4H3. The molecule has 0 saturated carbocycles. The Balaban J connectivity index is 3.28.